The number of hydrogen-bond acceptors (Lipinski definition) is 6. The fourth-order valence-corrected chi connectivity index (χ4v) is 4.11. The Morgan fingerprint density at radius 1 is 1.06 bits per heavy atom. The summed E-state index contributed by atoms with van der Waals surface area (Å²) >= 11 is 5.88. The second-order valence-corrected chi connectivity index (χ2v) is 7.85. The number of aromatic nitrogens is 2. The van der Waals surface area contributed by atoms with Crippen LogP contribution in [0.2, 0.25) is 5.02 Å². The molecule has 2 aromatic rings. The Kier molecular flexibility index (Phi) is 7.97. The van der Waals surface area contributed by atoms with E-state index < -0.39 is 11.9 Å². The first-order valence-corrected chi connectivity index (χ1v) is 10.4. The molecule has 2 saturated heterocycles. The Labute approximate surface area is 185 Å². The van der Waals surface area contributed by atoms with E-state index in [0.29, 0.717) is 35.1 Å². The number of aliphatic carboxylic acids is 2. The number of halogens is 1. The van der Waals surface area contributed by atoms with E-state index in [1.54, 1.807) is 6.20 Å². The number of carboxylic acids is 2. The normalized spacial score (nSPS) is 22.5. The first kappa shape index (κ1) is 22.7. The van der Waals surface area contributed by atoms with Crippen LogP contribution in [0.4, 0.5) is 0 Å². The van der Waals surface area contributed by atoms with Crippen molar-refractivity contribution in [1.82, 2.24) is 14.9 Å². The number of piperidine rings is 1. The van der Waals surface area contributed by atoms with E-state index in [0.717, 1.165) is 25.1 Å². The topological polar surface area (TPSA) is 113 Å². The van der Waals surface area contributed by atoms with Gasteiger partial charge in [0, 0.05) is 49.2 Å². The summed E-state index contributed by atoms with van der Waals surface area (Å²) in [5, 5.41) is 16.3. The maximum absolute atomic E-state index is 9.55. The van der Waals surface area contributed by atoms with Gasteiger partial charge in [0.1, 0.15) is 6.10 Å². The molecule has 2 fully saturated rings. The van der Waals surface area contributed by atoms with Gasteiger partial charge >= 0.3 is 11.9 Å². The zero-order chi connectivity index (χ0) is 22.2. The largest absolute Gasteiger partial charge is 0.478 e. The Hall–Kier alpha value is -2.97. The standard InChI is InChI=1S/C18H20ClN3O.C4H4O4/c19-13-4-7-18(21-11-13)23-17-9-15-5-6-16(10-17)22(15)12-14-3-1-2-8-20-14;5-3(6)1-2-4(7)8/h1-4,7-8,11,15-17H,5-6,9-10,12H2;1-2H,(H,5,6)(H,7,8)/b;2-1+. The molecular weight excluding hydrogens is 422 g/mol. The van der Waals surface area contributed by atoms with Crippen molar-refractivity contribution in [3.8, 4) is 5.88 Å². The molecule has 9 heteroatoms. The summed E-state index contributed by atoms with van der Waals surface area (Å²) < 4.78 is 6.08. The molecule has 0 radical (unpaired) electrons. The van der Waals surface area contributed by atoms with Crippen molar-refractivity contribution in [3.05, 3.63) is 65.6 Å². The van der Waals surface area contributed by atoms with Crippen molar-refractivity contribution in [2.75, 3.05) is 0 Å². The van der Waals surface area contributed by atoms with Gasteiger partial charge in [0.25, 0.3) is 0 Å². The summed E-state index contributed by atoms with van der Waals surface area (Å²) in [5.74, 6) is -1.84. The summed E-state index contributed by atoms with van der Waals surface area (Å²) in [6, 6.07) is 11.0. The maximum atomic E-state index is 9.55. The van der Waals surface area contributed by atoms with Crippen molar-refractivity contribution >= 4 is 23.5 Å². The maximum Gasteiger partial charge on any atom is 0.328 e. The Morgan fingerprint density at radius 3 is 2.26 bits per heavy atom. The molecule has 2 N–H and O–H groups in total. The second kappa shape index (κ2) is 10.9. The monoisotopic (exact) mass is 445 g/mol. The molecule has 0 aliphatic carbocycles. The highest BCUT2D eigenvalue weighted by Gasteiger charge is 2.41. The molecule has 2 bridgehead atoms. The molecule has 4 rings (SSSR count). The van der Waals surface area contributed by atoms with Crippen LogP contribution >= 0.6 is 11.6 Å². The van der Waals surface area contributed by atoms with Crippen molar-refractivity contribution in [2.24, 2.45) is 0 Å². The average molecular weight is 446 g/mol. The summed E-state index contributed by atoms with van der Waals surface area (Å²) in [5.41, 5.74) is 1.16. The van der Waals surface area contributed by atoms with Crippen molar-refractivity contribution < 1.29 is 24.5 Å². The van der Waals surface area contributed by atoms with Crippen LogP contribution in [0, 0.1) is 0 Å². The van der Waals surface area contributed by atoms with Gasteiger partial charge in [-0.25, -0.2) is 14.6 Å². The van der Waals surface area contributed by atoms with Gasteiger partial charge in [0.05, 0.1) is 10.7 Å². The molecule has 2 aliphatic heterocycles. The van der Waals surface area contributed by atoms with Crippen LogP contribution in [0.5, 0.6) is 5.88 Å². The van der Waals surface area contributed by atoms with Crippen LogP contribution in [0.25, 0.3) is 0 Å². The van der Waals surface area contributed by atoms with Gasteiger partial charge < -0.3 is 14.9 Å². The highest BCUT2D eigenvalue weighted by atomic mass is 35.5. The van der Waals surface area contributed by atoms with E-state index >= 15 is 0 Å². The third-order valence-electron chi connectivity index (χ3n) is 5.27. The molecule has 2 atom stereocenters. The van der Waals surface area contributed by atoms with Gasteiger partial charge in [0.2, 0.25) is 5.88 Å². The van der Waals surface area contributed by atoms with Crippen LogP contribution in [0.15, 0.2) is 54.9 Å². The summed E-state index contributed by atoms with van der Waals surface area (Å²) in [6.45, 7) is 0.947. The van der Waals surface area contributed by atoms with Gasteiger partial charge in [0.15, 0.2) is 0 Å². The number of carboxylic acid groups (broad SMARTS) is 2. The van der Waals surface area contributed by atoms with Crippen LogP contribution in [-0.4, -0.2) is 55.2 Å². The van der Waals surface area contributed by atoms with Crippen molar-refractivity contribution in [3.63, 3.8) is 0 Å². The third-order valence-corrected chi connectivity index (χ3v) is 5.49. The molecule has 0 amide bonds. The minimum atomic E-state index is -1.26. The molecule has 2 aromatic heterocycles. The van der Waals surface area contributed by atoms with Crippen molar-refractivity contribution in [2.45, 2.75) is 50.4 Å². The van der Waals surface area contributed by atoms with E-state index in [1.165, 1.54) is 12.8 Å². The number of fused-ring (bicyclic) bond motifs is 2. The molecule has 2 unspecified atom stereocenters. The SMILES string of the molecule is Clc1ccc(OC2CC3CCC(C2)N3Cc2ccccn2)nc1.O=C(O)/C=C/C(=O)O. The highest BCUT2D eigenvalue weighted by Crippen LogP contribution is 2.37. The van der Waals surface area contributed by atoms with Gasteiger partial charge in [-0.3, -0.25) is 9.88 Å². The third kappa shape index (κ3) is 7.04. The van der Waals surface area contributed by atoms with Gasteiger partial charge in [-0.2, -0.15) is 0 Å². The molecule has 164 valence electrons. The lowest BCUT2D eigenvalue weighted by Crippen LogP contribution is -2.45. The average Bonchev–Trinajstić information content (AvgIpc) is 2.97. The lowest BCUT2D eigenvalue weighted by Gasteiger charge is -2.38. The van der Waals surface area contributed by atoms with E-state index in [1.807, 2.05) is 24.4 Å². The van der Waals surface area contributed by atoms with Crippen LogP contribution in [0.3, 0.4) is 0 Å². The number of rotatable bonds is 6. The van der Waals surface area contributed by atoms with E-state index in [-0.39, 0.29) is 6.10 Å². The molecule has 8 nitrogen and oxygen atoms in total. The quantitative estimate of drug-likeness (QED) is 0.650. The fourth-order valence-electron chi connectivity index (χ4n) is 4.00. The predicted octanol–water partition coefficient (Wildman–Crippen LogP) is 3.42. The number of carbonyl (C=O) groups is 2. The molecule has 4 heterocycles. The highest BCUT2D eigenvalue weighted by molar-refractivity contribution is 6.30. The van der Waals surface area contributed by atoms with Crippen LogP contribution < -0.4 is 4.74 Å². The molecule has 0 saturated carbocycles. The van der Waals surface area contributed by atoms with Crippen molar-refractivity contribution in [1.29, 1.82) is 0 Å². The number of ether oxygens (including phenoxy) is 1. The molecule has 31 heavy (non-hydrogen) atoms. The second-order valence-electron chi connectivity index (χ2n) is 7.41. The first-order valence-electron chi connectivity index (χ1n) is 9.98. The van der Waals surface area contributed by atoms with E-state index in [4.69, 9.17) is 26.6 Å². The molecular formula is C22H24ClN3O5. The zero-order valence-corrected chi connectivity index (χ0v) is 17.6. The molecule has 0 spiro atoms. The fraction of sp³-hybridized carbons (Fsp3) is 0.364. The predicted molar refractivity (Wildman–Crippen MR) is 114 cm³/mol. The van der Waals surface area contributed by atoms with E-state index in [2.05, 4.69) is 27.0 Å². The lowest BCUT2D eigenvalue weighted by atomic mass is 9.99. The summed E-state index contributed by atoms with van der Waals surface area (Å²) in [4.78, 5) is 30.4. The minimum absolute atomic E-state index is 0.251. The first-order chi connectivity index (χ1) is 14.9. The summed E-state index contributed by atoms with van der Waals surface area (Å²) in [6.07, 6.45) is 9.52. The van der Waals surface area contributed by atoms with Gasteiger partial charge in [-0.15, -0.1) is 0 Å². The smallest absolute Gasteiger partial charge is 0.328 e. The number of hydrogen-bond donors (Lipinski definition) is 2. The number of nitrogens with zero attached hydrogens (tertiary/aromatic N) is 3. The Bertz CT molecular complexity index is 877. The molecule has 0 aromatic carbocycles. The van der Waals surface area contributed by atoms with Crippen LogP contribution in [-0.2, 0) is 16.1 Å². The summed E-state index contributed by atoms with van der Waals surface area (Å²) in [7, 11) is 0. The Morgan fingerprint density at radius 2 is 1.74 bits per heavy atom. The van der Waals surface area contributed by atoms with Crippen LogP contribution in [0.1, 0.15) is 31.4 Å². The van der Waals surface area contributed by atoms with Gasteiger partial charge in [-0.1, -0.05) is 17.7 Å². The lowest BCUT2D eigenvalue weighted by molar-refractivity contribution is -0.134. The molecule has 2 aliphatic rings. The Balaban J connectivity index is 0.000000293. The van der Waals surface area contributed by atoms with Gasteiger partial charge in [-0.05, 0) is 43.9 Å². The van der Waals surface area contributed by atoms with E-state index in [9.17, 15) is 9.59 Å². The minimum Gasteiger partial charge on any atom is -0.478 e. The zero-order valence-electron chi connectivity index (χ0n) is 16.8. The number of pyridine rings is 2.